The minimum absolute atomic E-state index is 0.129. The fourth-order valence-electron chi connectivity index (χ4n) is 8.57. The molecule has 308 valence electrons. The number of halogens is 1. The molecule has 7 aromatic rings. The molecule has 0 saturated heterocycles. The second-order valence-corrected chi connectivity index (χ2v) is 21.1. The van der Waals surface area contributed by atoms with E-state index < -0.39 is 14.3 Å². The topological polar surface area (TPSA) is 58.9 Å². The molecule has 6 nitrogen and oxygen atoms in total. The average Bonchev–Trinajstić information content (AvgIpc) is 3.54. The molecular formula is C52H54ClNO5Si. The molecule has 0 atom stereocenters. The summed E-state index contributed by atoms with van der Waals surface area (Å²) in [6.45, 7) is 11.7. The van der Waals surface area contributed by atoms with E-state index in [1.807, 2.05) is 19.9 Å². The summed E-state index contributed by atoms with van der Waals surface area (Å²) in [5, 5.41) is 4.06. The minimum Gasteiger partial charge on any atom is -0.493 e. The maximum absolute atomic E-state index is 12.6. The molecule has 0 aliphatic heterocycles. The third-order valence-corrected chi connectivity index (χ3v) is 16.4. The highest BCUT2D eigenvalue weighted by Gasteiger charge is 2.50. The van der Waals surface area contributed by atoms with Crippen LogP contribution in [0, 0.1) is 0 Å². The number of carbonyl (C=O) groups excluding carboxylic acids is 1. The lowest BCUT2D eigenvalue weighted by Gasteiger charge is -2.43. The Morgan fingerprint density at radius 1 is 0.700 bits per heavy atom. The summed E-state index contributed by atoms with van der Waals surface area (Å²) in [5.41, 5.74) is 6.11. The molecule has 0 radical (unpaired) electrons. The molecule has 0 unspecified atom stereocenters. The van der Waals surface area contributed by atoms with Gasteiger partial charge in [-0.2, -0.15) is 0 Å². The van der Waals surface area contributed by atoms with Gasteiger partial charge < -0.3 is 23.2 Å². The van der Waals surface area contributed by atoms with Crippen LogP contribution in [-0.2, 0) is 22.0 Å². The molecule has 6 aromatic carbocycles. The van der Waals surface area contributed by atoms with Crippen LogP contribution in [0.2, 0.25) is 10.1 Å². The van der Waals surface area contributed by atoms with Gasteiger partial charge in [0.05, 0.1) is 25.9 Å². The lowest BCUT2D eigenvalue weighted by Crippen LogP contribution is -2.66. The SMILES string of the molecule is COC(=O)c1ccc(OCCc2c(CCO[Si](c3ccccc3)(c3ccccc3)C(C)(C)C)n(C(c3ccccc3)c3ccccc3)c3ccc(Cl)cc23)cc1OC(C)C. The first kappa shape index (κ1) is 42.5. The van der Waals surface area contributed by atoms with Crippen LogP contribution >= 0.6 is 11.6 Å². The summed E-state index contributed by atoms with van der Waals surface area (Å²) in [7, 11) is -1.48. The molecule has 0 spiro atoms. The number of hydrogen-bond acceptors (Lipinski definition) is 5. The zero-order valence-electron chi connectivity index (χ0n) is 35.4. The first-order chi connectivity index (χ1) is 29.0. The van der Waals surface area contributed by atoms with Crippen molar-refractivity contribution in [1.82, 2.24) is 4.57 Å². The Bertz CT molecular complexity index is 2420. The van der Waals surface area contributed by atoms with Gasteiger partial charge >= 0.3 is 5.97 Å². The molecule has 60 heavy (non-hydrogen) atoms. The second-order valence-electron chi connectivity index (χ2n) is 16.4. The van der Waals surface area contributed by atoms with Crippen LogP contribution in [0.5, 0.6) is 11.5 Å². The Kier molecular flexibility index (Phi) is 13.3. The van der Waals surface area contributed by atoms with Crippen molar-refractivity contribution in [3.05, 3.63) is 191 Å². The van der Waals surface area contributed by atoms with Crippen molar-refractivity contribution < 1.29 is 23.4 Å². The molecule has 1 aromatic heterocycles. The summed E-state index contributed by atoms with van der Waals surface area (Å²) in [4.78, 5) is 12.6. The van der Waals surface area contributed by atoms with E-state index in [1.165, 1.54) is 28.6 Å². The number of esters is 1. The average molecular weight is 837 g/mol. The molecule has 0 bridgehead atoms. The predicted octanol–water partition coefficient (Wildman–Crippen LogP) is 11.2. The standard InChI is InChI=1S/C52H54ClNO5Si/c1-37(2)59-49-36-41(28-29-45(49)51(55)56-6)57-33-31-44-46-35-40(53)27-30-47(46)54(50(38-19-11-7-12-20-38)39-21-13-8-14-22-39)48(44)32-34-58-60(52(3,4)5,42-23-15-9-16-24-42)43-25-17-10-18-26-43/h7-30,35-37,50H,31-34H2,1-6H3. The third-order valence-electron chi connectivity index (χ3n) is 11.1. The smallest absolute Gasteiger partial charge is 0.341 e. The zero-order chi connectivity index (χ0) is 42.3. The Hall–Kier alpha value is -5.60. The number of carbonyl (C=O) groups is 1. The van der Waals surface area contributed by atoms with Gasteiger partial charge in [-0.1, -0.05) is 154 Å². The highest BCUT2D eigenvalue weighted by Crippen LogP contribution is 2.40. The molecule has 7 rings (SSSR count). The van der Waals surface area contributed by atoms with Crippen LogP contribution in [0.1, 0.15) is 73.4 Å². The fraction of sp³-hybridized carbons (Fsp3) is 0.250. The number of nitrogens with zero attached hydrogens (tertiary/aromatic N) is 1. The van der Waals surface area contributed by atoms with Gasteiger partial charge in [0.2, 0.25) is 0 Å². The van der Waals surface area contributed by atoms with Gasteiger partial charge in [0.15, 0.2) is 0 Å². The van der Waals surface area contributed by atoms with Crippen LogP contribution in [0.3, 0.4) is 0 Å². The van der Waals surface area contributed by atoms with Gasteiger partial charge in [0, 0.05) is 47.1 Å². The van der Waals surface area contributed by atoms with Crippen molar-refractivity contribution in [3.8, 4) is 11.5 Å². The van der Waals surface area contributed by atoms with Crippen molar-refractivity contribution in [2.75, 3.05) is 20.3 Å². The van der Waals surface area contributed by atoms with Crippen LogP contribution in [0.25, 0.3) is 10.9 Å². The summed E-state index contributed by atoms with van der Waals surface area (Å²) >= 11 is 6.85. The Morgan fingerprint density at radius 2 is 1.27 bits per heavy atom. The number of benzene rings is 6. The van der Waals surface area contributed by atoms with Gasteiger partial charge in [0.25, 0.3) is 8.32 Å². The van der Waals surface area contributed by atoms with Crippen molar-refractivity contribution >= 4 is 47.2 Å². The lowest BCUT2D eigenvalue weighted by atomic mass is 9.97. The number of methoxy groups -OCH3 is 1. The van der Waals surface area contributed by atoms with E-state index in [2.05, 4.69) is 159 Å². The zero-order valence-corrected chi connectivity index (χ0v) is 37.1. The molecular weight excluding hydrogens is 782 g/mol. The Labute approximate surface area is 360 Å². The quantitative estimate of drug-likeness (QED) is 0.0717. The fourth-order valence-corrected chi connectivity index (χ4v) is 13.3. The first-order valence-corrected chi connectivity index (χ1v) is 23.0. The monoisotopic (exact) mass is 835 g/mol. The largest absolute Gasteiger partial charge is 0.493 e. The van der Waals surface area contributed by atoms with E-state index in [1.54, 1.807) is 18.2 Å². The van der Waals surface area contributed by atoms with Gasteiger partial charge in [-0.3, -0.25) is 0 Å². The minimum atomic E-state index is -2.84. The van der Waals surface area contributed by atoms with E-state index in [0.717, 1.165) is 22.2 Å². The number of fused-ring (bicyclic) bond motifs is 1. The Morgan fingerprint density at radius 3 is 1.80 bits per heavy atom. The molecule has 0 fully saturated rings. The summed E-state index contributed by atoms with van der Waals surface area (Å²) in [5.74, 6) is 0.564. The van der Waals surface area contributed by atoms with Crippen LogP contribution in [-0.4, -0.2) is 45.3 Å². The molecule has 0 saturated carbocycles. The molecule has 0 aliphatic carbocycles. The van der Waals surface area contributed by atoms with Crippen LogP contribution in [0.4, 0.5) is 0 Å². The van der Waals surface area contributed by atoms with Crippen molar-refractivity contribution in [2.24, 2.45) is 0 Å². The van der Waals surface area contributed by atoms with Crippen molar-refractivity contribution in [3.63, 3.8) is 0 Å². The normalized spacial score (nSPS) is 11.9. The second kappa shape index (κ2) is 18.8. The highest BCUT2D eigenvalue weighted by atomic mass is 35.5. The van der Waals surface area contributed by atoms with Gasteiger partial charge in [-0.05, 0) is 76.3 Å². The maximum atomic E-state index is 12.6. The highest BCUT2D eigenvalue weighted by molar-refractivity contribution is 6.99. The number of aromatic nitrogens is 1. The molecule has 0 amide bonds. The van der Waals surface area contributed by atoms with Crippen LogP contribution < -0.4 is 19.8 Å². The first-order valence-electron chi connectivity index (χ1n) is 20.7. The summed E-state index contributed by atoms with van der Waals surface area (Å²) < 4.78 is 27.6. The van der Waals surface area contributed by atoms with E-state index in [9.17, 15) is 4.79 Å². The third kappa shape index (κ3) is 8.94. The van der Waals surface area contributed by atoms with E-state index in [0.29, 0.717) is 48.1 Å². The van der Waals surface area contributed by atoms with E-state index in [-0.39, 0.29) is 17.2 Å². The lowest BCUT2D eigenvalue weighted by molar-refractivity contribution is 0.0594. The molecule has 0 aliphatic rings. The number of rotatable bonds is 16. The number of hydrogen-bond donors (Lipinski definition) is 0. The summed E-state index contributed by atoms with van der Waals surface area (Å²) in [6.07, 6.45) is 1.09. The van der Waals surface area contributed by atoms with Crippen molar-refractivity contribution in [1.29, 1.82) is 0 Å². The molecule has 1 heterocycles. The van der Waals surface area contributed by atoms with Gasteiger partial charge in [-0.25, -0.2) is 4.79 Å². The van der Waals surface area contributed by atoms with Crippen molar-refractivity contribution in [2.45, 2.75) is 64.6 Å². The van der Waals surface area contributed by atoms with E-state index >= 15 is 0 Å². The number of ether oxygens (including phenoxy) is 3. The van der Waals surface area contributed by atoms with Gasteiger partial charge in [0.1, 0.15) is 17.1 Å². The Balaban J connectivity index is 1.35. The van der Waals surface area contributed by atoms with E-state index in [4.69, 9.17) is 30.2 Å². The van der Waals surface area contributed by atoms with Crippen LogP contribution in [0.15, 0.2) is 158 Å². The predicted molar refractivity (Wildman–Crippen MR) is 247 cm³/mol. The molecule has 0 N–H and O–H groups in total. The summed E-state index contributed by atoms with van der Waals surface area (Å²) in [6, 6.07) is 54.3. The maximum Gasteiger partial charge on any atom is 0.341 e. The molecule has 8 heteroatoms. The van der Waals surface area contributed by atoms with Gasteiger partial charge in [-0.15, -0.1) is 0 Å².